The van der Waals surface area contributed by atoms with Gasteiger partial charge in [0.2, 0.25) is 0 Å². The summed E-state index contributed by atoms with van der Waals surface area (Å²) in [6.45, 7) is 1.10. The molecule has 2 aromatic carbocycles. The molecule has 0 unspecified atom stereocenters. The van der Waals surface area contributed by atoms with Crippen LogP contribution in [-0.2, 0) is 6.42 Å². The number of amides is 1. The van der Waals surface area contributed by atoms with E-state index in [-0.39, 0.29) is 22.8 Å². The number of benzene rings is 2. The van der Waals surface area contributed by atoms with Crippen molar-refractivity contribution >= 4 is 11.6 Å². The minimum absolute atomic E-state index is 0.0147. The number of carbonyl (C=O) groups is 1. The molecule has 0 spiro atoms. The average molecular weight is 468 g/mol. The fourth-order valence-electron chi connectivity index (χ4n) is 3.83. The van der Waals surface area contributed by atoms with E-state index in [1.165, 1.54) is 29.2 Å². The van der Waals surface area contributed by atoms with Gasteiger partial charge in [-0.1, -0.05) is 18.6 Å². The number of rotatable bonds is 9. The summed E-state index contributed by atoms with van der Waals surface area (Å²) in [6.07, 6.45) is 3.24. The number of aromatic amines is 1. The van der Waals surface area contributed by atoms with E-state index in [1.54, 1.807) is 13.1 Å². The van der Waals surface area contributed by atoms with Crippen molar-refractivity contribution in [3.8, 4) is 22.8 Å². The number of H-pyrrole nitrogens is 1. The summed E-state index contributed by atoms with van der Waals surface area (Å²) in [7, 11) is 1.63. The lowest BCUT2D eigenvalue weighted by atomic mass is 10.1. The smallest absolute Gasteiger partial charge is 0.286 e. The molecule has 178 valence electrons. The molecule has 3 aromatic rings. The van der Waals surface area contributed by atoms with E-state index in [4.69, 9.17) is 9.47 Å². The Kier molecular flexibility index (Phi) is 7.05. The van der Waals surface area contributed by atoms with E-state index in [1.807, 2.05) is 12.1 Å². The average Bonchev–Trinajstić information content (AvgIpc) is 3.31. The molecule has 0 atom stereocenters. The maximum Gasteiger partial charge on any atom is 0.286 e. The Hall–Kier alpha value is -3.95. The number of aromatic nitrogens is 2. The lowest BCUT2D eigenvalue weighted by Gasteiger charge is -2.21. The molecule has 0 saturated carbocycles. The van der Waals surface area contributed by atoms with Crippen molar-refractivity contribution in [3.05, 3.63) is 69.7 Å². The first-order valence-electron chi connectivity index (χ1n) is 11.1. The van der Waals surface area contributed by atoms with E-state index in [0.29, 0.717) is 31.2 Å². The van der Waals surface area contributed by atoms with Crippen LogP contribution in [0.1, 0.15) is 35.3 Å². The number of hydrogen-bond acceptors (Lipinski definition) is 6. The molecule has 0 fully saturated rings. The largest absolute Gasteiger partial charge is 0.486 e. The van der Waals surface area contributed by atoms with Crippen LogP contribution in [0.4, 0.5) is 10.1 Å². The first kappa shape index (κ1) is 23.2. The van der Waals surface area contributed by atoms with Crippen LogP contribution < -0.4 is 9.47 Å². The standard InChI is InChI=1S/C24H25FN4O5/c1-28(24(30)19-14-22-23(34-11-10-33-22)15-21(19)29(31)32)9-4-2-3-8-18-13-20(27-26-18)16-6-5-7-17(25)12-16/h5-7,12-15H,2-4,8-11H2,1H3,(H,26,27). The van der Waals surface area contributed by atoms with Gasteiger partial charge in [-0.15, -0.1) is 0 Å². The molecular formula is C24H25FN4O5. The normalized spacial score (nSPS) is 12.4. The zero-order valence-corrected chi connectivity index (χ0v) is 18.8. The Labute approximate surface area is 195 Å². The molecule has 0 aliphatic carbocycles. The highest BCUT2D eigenvalue weighted by atomic mass is 19.1. The van der Waals surface area contributed by atoms with Crippen LogP contribution in [0.15, 0.2) is 42.5 Å². The van der Waals surface area contributed by atoms with Gasteiger partial charge in [0.05, 0.1) is 16.7 Å². The van der Waals surface area contributed by atoms with E-state index in [0.717, 1.165) is 36.9 Å². The summed E-state index contributed by atoms with van der Waals surface area (Å²) >= 11 is 0. The molecule has 0 radical (unpaired) electrons. The van der Waals surface area contributed by atoms with Crippen LogP contribution in [0.25, 0.3) is 11.3 Å². The SMILES string of the molecule is CN(CCCCCc1cc(-c2cccc(F)c2)n[nH]1)C(=O)c1cc2c(cc1[N+](=O)[O-])OCCO2. The molecule has 1 N–H and O–H groups in total. The van der Waals surface area contributed by atoms with Crippen LogP contribution in [0.2, 0.25) is 0 Å². The maximum atomic E-state index is 13.4. The van der Waals surface area contributed by atoms with Gasteiger partial charge in [-0.3, -0.25) is 20.0 Å². The Bertz CT molecular complexity index is 1200. The quantitative estimate of drug-likeness (QED) is 0.283. The minimum Gasteiger partial charge on any atom is -0.486 e. The third kappa shape index (κ3) is 5.33. The third-order valence-electron chi connectivity index (χ3n) is 5.63. The molecular weight excluding hydrogens is 443 g/mol. The Morgan fingerprint density at radius 3 is 2.65 bits per heavy atom. The fourth-order valence-corrected chi connectivity index (χ4v) is 3.83. The molecule has 0 saturated heterocycles. The molecule has 1 amide bonds. The number of carbonyl (C=O) groups excluding carboxylic acids is 1. The fraction of sp³-hybridized carbons (Fsp3) is 0.333. The molecule has 9 nitrogen and oxygen atoms in total. The topological polar surface area (TPSA) is 111 Å². The van der Waals surface area contributed by atoms with Crippen LogP contribution in [0.3, 0.4) is 0 Å². The van der Waals surface area contributed by atoms with Crippen molar-refractivity contribution in [3.63, 3.8) is 0 Å². The Morgan fingerprint density at radius 1 is 1.15 bits per heavy atom. The van der Waals surface area contributed by atoms with Gasteiger partial charge in [0.1, 0.15) is 24.6 Å². The van der Waals surface area contributed by atoms with Crippen LogP contribution in [0.5, 0.6) is 11.5 Å². The number of nitrogens with zero attached hydrogens (tertiary/aromatic N) is 3. The van der Waals surface area contributed by atoms with E-state index in [2.05, 4.69) is 10.2 Å². The van der Waals surface area contributed by atoms with Gasteiger partial charge in [-0.2, -0.15) is 5.10 Å². The van der Waals surface area contributed by atoms with Gasteiger partial charge in [-0.05, 0) is 37.5 Å². The van der Waals surface area contributed by atoms with Gasteiger partial charge >= 0.3 is 0 Å². The second-order valence-electron chi connectivity index (χ2n) is 8.10. The third-order valence-corrected chi connectivity index (χ3v) is 5.63. The van der Waals surface area contributed by atoms with Gasteiger partial charge < -0.3 is 14.4 Å². The van der Waals surface area contributed by atoms with Gasteiger partial charge in [0.15, 0.2) is 11.5 Å². The van der Waals surface area contributed by atoms with Crippen molar-refractivity contribution in [2.24, 2.45) is 0 Å². The Balaban J connectivity index is 1.28. The zero-order valence-electron chi connectivity index (χ0n) is 18.8. The number of hydrogen-bond donors (Lipinski definition) is 1. The van der Waals surface area contributed by atoms with E-state index >= 15 is 0 Å². The molecule has 4 rings (SSSR count). The minimum atomic E-state index is -0.582. The van der Waals surface area contributed by atoms with Crippen molar-refractivity contribution in [1.82, 2.24) is 15.1 Å². The highest BCUT2D eigenvalue weighted by molar-refractivity contribution is 5.99. The van der Waals surface area contributed by atoms with Crippen LogP contribution in [-0.4, -0.2) is 52.7 Å². The van der Waals surface area contributed by atoms with Crippen LogP contribution in [0, 0.1) is 15.9 Å². The number of aryl methyl sites for hydroxylation is 1. The summed E-state index contributed by atoms with van der Waals surface area (Å²) in [5, 5.41) is 18.7. The predicted molar refractivity (Wildman–Crippen MR) is 123 cm³/mol. The van der Waals surface area contributed by atoms with Gasteiger partial charge in [0, 0.05) is 30.9 Å². The summed E-state index contributed by atoms with van der Waals surface area (Å²) in [4.78, 5) is 25.3. The lowest BCUT2D eigenvalue weighted by Crippen LogP contribution is -2.28. The number of nitro groups is 1. The molecule has 10 heteroatoms. The van der Waals surface area contributed by atoms with Gasteiger partial charge in [0.25, 0.3) is 11.6 Å². The molecule has 1 aromatic heterocycles. The molecule has 0 bridgehead atoms. The summed E-state index contributed by atoms with van der Waals surface area (Å²) in [5.41, 5.74) is 2.06. The van der Waals surface area contributed by atoms with E-state index < -0.39 is 10.8 Å². The number of nitrogens with one attached hydrogen (secondary N) is 1. The lowest BCUT2D eigenvalue weighted by molar-refractivity contribution is -0.385. The summed E-state index contributed by atoms with van der Waals surface area (Å²) in [5.74, 6) is -0.124. The summed E-state index contributed by atoms with van der Waals surface area (Å²) in [6, 6.07) is 10.8. The van der Waals surface area contributed by atoms with Crippen molar-refractivity contribution in [2.45, 2.75) is 25.7 Å². The number of unbranched alkanes of at least 4 members (excludes halogenated alkanes) is 2. The summed E-state index contributed by atoms with van der Waals surface area (Å²) < 4.78 is 24.3. The van der Waals surface area contributed by atoms with E-state index in [9.17, 15) is 19.3 Å². The Morgan fingerprint density at radius 2 is 1.91 bits per heavy atom. The maximum absolute atomic E-state index is 13.4. The molecule has 34 heavy (non-hydrogen) atoms. The molecule has 1 aliphatic heterocycles. The number of nitro benzene ring substituents is 1. The first-order chi connectivity index (χ1) is 16.4. The molecule has 2 heterocycles. The van der Waals surface area contributed by atoms with Crippen molar-refractivity contribution in [2.75, 3.05) is 26.8 Å². The van der Waals surface area contributed by atoms with Crippen LogP contribution >= 0.6 is 0 Å². The van der Waals surface area contributed by atoms with Gasteiger partial charge in [-0.25, -0.2) is 4.39 Å². The second-order valence-corrected chi connectivity index (χ2v) is 8.10. The zero-order chi connectivity index (χ0) is 24.1. The first-order valence-corrected chi connectivity index (χ1v) is 11.1. The monoisotopic (exact) mass is 468 g/mol. The van der Waals surface area contributed by atoms with Crippen molar-refractivity contribution in [1.29, 1.82) is 0 Å². The predicted octanol–water partition coefficient (Wildman–Crippen LogP) is 4.38. The molecule has 1 aliphatic rings. The number of halogens is 1. The number of fused-ring (bicyclic) bond motifs is 1. The second kappa shape index (κ2) is 10.3. The van der Waals surface area contributed by atoms with Crippen molar-refractivity contribution < 1.29 is 23.6 Å². The highest BCUT2D eigenvalue weighted by Crippen LogP contribution is 2.37. The number of ether oxygens (including phenoxy) is 2. The highest BCUT2D eigenvalue weighted by Gasteiger charge is 2.28.